The molecule has 2 aromatic rings. The van der Waals surface area contributed by atoms with Gasteiger partial charge in [-0.2, -0.15) is 5.10 Å². The molecule has 102 valence electrons. The van der Waals surface area contributed by atoms with Gasteiger partial charge in [0.1, 0.15) is 0 Å². The highest BCUT2D eigenvalue weighted by Crippen LogP contribution is 2.42. The van der Waals surface area contributed by atoms with Gasteiger partial charge in [0, 0.05) is 6.04 Å². The summed E-state index contributed by atoms with van der Waals surface area (Å²) in [6.07, 6.45) is 4.96. The van der Waals surface area contributed by atoms with Crippen LogP contribution < -0.4 is 0 Å². The van der Waals surface area contributed by atoms with Gasteiger partial charge in [-0.1, -0.05) is 26.3 Å². The molecule has 1 N–H and O–H groups in total. The van der Waals surface area contributed by atoms with Crippen molar-refractivity contribution in [2.45, 2.75) is 45.6 Å². The molecule has 3 rings (SSSR count). The Bertz CT molecular complexity index is 607. The van der Waals surface area contributed by atoms with Crippen LogP contribution in [0.15, 0.2) is 17.5 Å². The summed E-state index contributed by atoms with van der Waals surface area (Å²) in [7, 11) is 0. The zero-order valence-electron chi connectivity index (χ0n) is 11.3. The normalized spacial score (nSPS) is 22.5. The number of H-pyrrole nitrogens is 1. The van der Waals surface area contributed by atoms with Crippen LogP contribution in [0.2, 0.25) is 0 Å². The maximum absolute atomic E-state index is 5.45. The van der Waals surface area contributed by atoms with Gasteiger partial charge < -0.3 is 0 Å². The van der Waals surface area contributed by atoms with Gasteiger partial charge in [-0.15, -0.1) is 11.3 Å². The highest BCUT2D eigenvalue weighted by Gasteiger charge is 2.30. The van der Waals surface area contributed by atoms with Crippen LogP contribution in [0, 0.1) is 10.2 Å². The molecule has 1 fully saturated rings. The second kappa shape index (κ2) is 4.87. The smallest absolute Gasteiger partial charge is 0.195 e. The van der Waals surface area contributed by atoms with Crippen molar-refractivity contribution in [3.63, 3.8) is 0 Å². The number of aromatic nitrogens is 3. The maximum Gasteiger partial charge on any atom is 0.195 e. The second-order valence-corrected chi connectivity index (χ2v) is 7.45. The molecule has 0 radical (unpaired) electrons. The van der Waals surface area contributed by atoms with Crippen LogP contribution in [0.25, 0.3) is 10.7 Å². The number of hydrogen-bond acceptors (Lipinski definition) is 3. The van der Waals surface area contributed by atoms with E-state index in [1.54, 1.807) is 11.3 Å². The first kappa shape index (κ1) is 13.1. The van der Waals surface area contributed by atoms with Crippen molar-refractivity contribution >= 4 is 23.6 Å². The van der Waals surface area contributed by atoms with E-state index in [2.05, 4.69) is 46.1 Å². The molecule has 19 heavy (non-hydrogen) atoms. The molecule has 5 heteroatoms. The van der Waals surface area contributed by atoms with E-state index in [0.29, 0.717) is 11.5 Å². The van der Waals surface area contributed by atoms with Gasteiger partial charge >= 0.3 is 0 Å². The third kappa shape index (κ3) is 2.54. The molecule has 1 saturated carbocycles. The van der Waals surface area contributed by atoms with Crippen LogP contribution >= 0.6 is 23.6 Å². The summed E-state index contributed by atoms with van der Waals surface area (Å²) in [4.78, 5) is 1.19. The Kier molecular flexibility index (Phi) is 3.35. The average molecular weight is 293 g/mol. The molecule has 0 saturated heterocycles. The van der Waals surface area contributed by atoms with Crippen molar-refractivity contribution in [1.82, 2.24) is 14.8 Å². The number of thiophene rings is 1. The predicted octanol–water partition coefficient (Wildman–Crippen LogP) is 4.81. The van der Waals surface area contributed by atoms with Crippen LogP contribution in [0.1, 0.15) is 45.6 Å². The van der Waals surface area contributed by atoms with Gasteiger partial charge in [-0.3, -0.25) is 9.67 Å². The average Bonchev–Trinajstić information content (AvgIpc) is 2.96. The molecule has 0 spiro atoms. The van der Waals surface area contributed by atoms with Crippen molar-refractivity contribution in [1.29, 1.82) is 0 Å². The fourth-order valence-electron chi connectivity index (χ4n) is 3.10. The third-order valence-electron chi connectivity index (χ3n) is 3.99. The number of nitrogens with zero attached hydrogens (tertiary/aromatic N) is 2. The number of aromatic amines is 1. The number of hydrogen-bond donors (Lipinski definition) is 1. The summed E-state index contributed by atoms with van der Waals surface area (Å²) in [5.41, 5.74) is 0.404. The third-order valence-corrected chi connectivity index (χ3v) is 5.14. The molecule has 1 atom stereocenters. The van der Waals surface area contributed by atoms with E-state index < -0.39 is 0 Å². The molecule has 0 aromatic carbocycles. The zero-order valence-corrected chi connectivity index (χ0v) is 13.0. The SMILES string of the molecule is CC1(C)CCCC(n2c(-c3cccs3)n[nH]c2=S)C1. The highest BCUT2D eigenvalue weighted by molar-refractivity contribution is 7.71. The van der Waals surface area contributed by atoms with Crippen molar-refractivity contribution in [2.75, 3.05) is 0 Å². The van der Waals surface area contributed by atoms with Crippen LogP contribution in [0.4, 0.5) is 0 Å². The van der Waals surface area contributed by atoms with Crippen molar-refractivity contribution in [3.05, 3.63) is 22.3 Å². The minimum atomic E-state index is 0.404. The molecular formula is C14H19N3S2. The number of nitrogens with one attached hydrogen (secondary N) is 1. The van der Waals surface area contributed by atoms with E-state index in [0.717, 1.165) is 10.6 Å². The first-order chi connectivity index (χ1) is 9.07. The Morgan fingerprint density at radius 3 is 3.05 bits per heavy atom. The van der Waals surface area contributed by atoms with Gasteiger partial charge in [-0.25, -0.2) is 0 Å². The van der Waals surface area contributed by atoms with Crippen molar-refractivity contribution < 1.29 is 0 Å². The van der Waals surface area contributed by atoms with Crippen LogP contribution in [0.3, 0.4) is 0 Å². The van der Waals surface area contributed by atoms with Gasteiger partial charge in [0.15, 0.2) is 10.6 Å². The first-order valence-electron chi connectivity index (χ1n) is 6.78. The molecule has 1 unspecified atom stereocenters. The molecule has 0 bridgehead atoms. The van der Waals surface area contributed by atoms with Crippen LogP contribution in [0.5, 0.6) is 0 Å². The molecule has 0 aliphatic heterocycles. The summed E-state index contributed by atoms with van der Waals surface area (Å²) in [6.45, 7) is 4.71. The monoisotopic (exact) mass is 293 g/mol. The highest BCUT2D eigenvalue weighted by atomic mass is 32.1. The standard InChI is InChI=1S/C14H19N3S2/c1-14(2)7-3-5-10(9-14)17-12(15-16-13(17)18)11-6-4-8-19-11/h4,6,8,10H,3,5,7,9H2,1-2H3,(H,16,18). The largest absolute Gasteiger partial charge is 0.296 e. The second-order valence-electron chi connectivity index (χ2n) is 6.11. The van der Waals surface area contributed by atoms with Crippen LogP contribution in [-0.4, -0.2) is 14.8 Å². The Hall–Kier alpha value is -0.940. The molecule has 1 aliphatic rings. The molecule has 0 amide bonds. The van der Waals surface area contributed by atoms with E-state index in [9.17, 15) is 0 Å². The van der Waals surface area contributed by atoms with Gasteiger partial charge in [0.05, 0.1) is 4.88 Å². The number of rotatable bonds is 2. The fraction of sp³-hybridized carbons (Fsp3) is 0.571. The topological polar surface area (TPSA) is 33.6 Å². The van der Waals surface area contributed by atoms with Gasteiger partial charge in [0.2, 0.25) is 0 Å². The Labute approximate surface area is 122 Å². The van der Waals surface area contributed by atoms with E-state index in [1.165, 1.54) is 30.6 Å². The minimum Gasteiger partial charge on any atom is -0.296 e. The van der Waals surface area contributed by atoms with Gasteiger partial charge in [-0.05, 0) is 48.3 Å². The van der Waals surface area contributed by atoms with E-state index in [1.807, 2.05) is 0 Å². The Morgan fingerprint density at radius 2 is 2.37 bits per heavy atom. The Balaban J connectivity index is 2.01. The van der Waals surface area contributed by atoms with E-state index in [-0.39, 0.29) is 0 Å². The first-order valence-corrected chi connectivity index (χ1v) is 8.06. The van der Waals surface area contributed by atoms with E-state index >= 15 is 0 Å². The lowest BCUT2D eigenvalue weighted by Gasteiger charge is -2.36. The molecule has 3 nitrogen and oxygen atoms in total. The van der Waals surface area contributed by atoms with Gasteiger partial charge in [0.25, 0.3) is 0 Å². The van der Waals surface area contributed by atoms with Crippen LogP contribution in [-0.2, 0) is 0 Å². The summed E-state index contributed by atoms with van der Waals surface area (Å²) < 4.78 is 2.99. The van der Waals surface area contributed by atoms with E-state index in [4.69, 9.17) is 12.2 Å². The summed E-state index contributed by atoms with van der Waals surface area (Å²) in [6, 6.07) is 4.65. The van der Waals surface area contributed by atoms with Crippen molar-refractivity contribution in [3.8, 4) is 10.7 Å². The summed E-state index contributed by atoms with van der Waals surface area (Å²) >= 11 is 7.17. The lowest BCUT2D eigenvalue weighted by atomic mass is 9.75. The maximum atomic E-state index is 5.45. The lowest BCUT2D eigenvalue weighted by Crippen LogP contribution is -2.25. The molecule has 2 heterocycles. The molecular weight excluding hydrogens is 274 g/mol. The Morgan fingerprint density at radius 1 is 1.53 bits per heavy atom. The summed E-state index contributed by atoms with van der Waals surface area (Å²) in [5.74, 6) is 1.00. The zero-order chi connectivity index (χ0) is 13.5. The molecule has 1 aliphatic carbocycles. The lowest BCUT2D eigenvalue weighted by molar-refractivity contribution is 0.183. The molecule has 2 aromatic heterocycles. The van der Waals surface area contributed by atoms with Crippen molar-refractivity contribution in [2.24, 2.45) is 5.41 Å². The quantitative estimate of drug-likeness (QED) is 0.806. The predicted molar refractivity (Wildman–Crippen MR) is 82.0 cm³/mol. The fourth-order valence-corrected chi connectivity index (χ4v) is 4.09. The summed E-state index contributed by atoms with van der Waals surface area (Å²) in [5, 5.41) is 9.50. The minimum absolute atomic E-state index is 0.404.